The first-order chi connectivity index (χ1) is 26.2. The lowest BCUT2D eigenvalue weighted by Gasteiger charge is -2.09. The highest BCUT2D eigenvalue weighted by atomic mass is 35.5. The Balaban J connectivity index is 0.000000202. The number of nitro groups is 4. The smallest absolute Gasteiger partial charge is 0.299 e. The van der Waals surface area contributed by atoms with Crippen molar-refractivity contribution in [1.82, 2.24) is 19.2 Å². The highest BCUT2D eigenvalue weighted by molar-refractivity contribution is 6.37. The molecule has 0 spiro atoms. The highest BCUT2D eigenvalue weighted by Gasteiger charge is 2.26. The molecule has 0 saturated carbocycles. The van der Waals surface area contributed by atoms with Gasteiger partial charge in [-0.05, 0) is 36.4 Å². The van der Waals surface area contributed by atoms with Gasteiger partial charge in [0.05, 0.1) is 56.1 Å². The van der Waals surface area contributed by atoms with E-state index < -0.39 is 42.4 Å². The largest absolute Gasteiger partial charge is 0.473 e. The van der Waals surface area contributed by atoms with Crippen molar-refractivity contribution in [3.8, 4) is 11.8 Å². The van der Waals surface area contributed by atoms with E-state index in [4.69, 9.17) is 60.2 Å². The number of aromatic nitrogens is 4. The molecule has 0 fully saturated rings. The van der Waals surface area contributed by atoms with Crippen LogP contribution < -0.4 is 20.5 Å². The Morgan fingerprint density at radius 3 is 1.58 bits per heavy atom. The SMILES string of the molecule is Nc1c(OCCO)nn2ccccc12.O=[N+]([O-])c1cc([N+](=O)[O-])c(Cl)cc1Cl.O=[N+]([O-])c1cc([N+](=O)[O-])c(Nc2c(OCCO)nn3ccccc23)cc1Cl. The Morgan fingerprint density at radius 1 is 0.655 bits per heavy atom. The summed E-state index contributed by atoms with van der Waals surface area (Å²) in [5, 5.41) is 71.1. The van der Waals surface area contributed by atoms with E-state index in [2.05, 4.69) is 15.5 Å². The maximum absolute atomic E-state index is 11.4. The van der Waals surface area contributed by atoms with Crippen LogP contribution in [0.1, 0.15) is 0 Å². The summed E-state index contributed by atoms with van der Waals surface area (Å²) >= 11 is 16.8. The van der Waals surface area contributed by atoms with Crippen LogP contribution in [-0.2, 0) is 0 Å². The Bertz CT molecular complexity index is 2360. The molecular weight excluding hydrogens is 799 g/mol. The molecule has 6 aromatic rings. The Hall–Kier alpha value is -6.59. The number of fused-ring (bicyclic) bond motifs is 2. The maximum Gasteiger partial charge on any atom is 0.299 e. The van der Waals surface area contributed by atoms with Crippen molar-refractivity contribution in [2.75, 3.05) is 37.5 Å². The van der Waals surface area contributed by atoms with E-state index in [1.54, 1.807) is 35.1 Å². The molecule has 5 N–H and O–H groups in total. The van der Waals surface area contributed by atoms with Crippen molar-refractivity contribution in [1.29, 1.82) is 0 Å². The molecule has 25 heteroatoms. The maximum atomic E-state index is 11.4. The minimum Gasteiger partial charge on any atom is -0.473 e. The zero-order chi connectivity index (χ0) is 40.4. The lowest BCUT2D eigenvalue weighted by atomic mass is 10.2. The molecule has 0 aliphatic rings. The van der Waals surface area contributed by atoms with E-state index in [-0.39, 0.29) is 58.8 Å². The standard InChI is InChI=1S/C15H12ClN5O6.C9H11N3O2.C6H2Cl2N2O4/c16-9-7-10(13(21(25)26)8-12(9)20(23)24)17-14-11-3-1-2-4-19(11)18-15(14)27-6-5-22;10-8-7-3-1-2-4-12(7)11-9(8)14-6-5-13;7-3-1-4(8)6(10(13)14)2-5(3)9(11)12/h1-4,7-8,17,22H,5-6H2;1-4,13H,5-6,10H2;1-2H. The summed E-state index contributed by atoms with van der Waals surface area (Å²) in [4.78, 5) is 39.9. The van der Waals surface area contributed by atoms with Gasteiger partial charge >= 0.3 is 0 Å². The summed E-state index contributed by atoms with van der Waals surface area (Å²) in [6.07, 6.45) is 3.43. The van der Waals surface area contributed by atoms with Gasteiger partial charge in [0.2, 0.25) is 0 Å². The fourth-order valence-electron chi connectivity index (χ4n) is 4.47. The van der Waals surface area contributed by atoms with E-state index in [1.807, 2.05) is 18.2 Å². The normalized spacial score (nSPS) is 10.5. The lowest BCUT2D eigenvalue weighted by molar-refractivity contribution is -0.394. The third-order valence-electron chi connectivity index (χ3n) is 6.84. The van der Waals surface area contributed by atoms with Crippen LogP contribution in [0.2, 0.25) is 15.1 Å². The highest BCUT2D eigenvalue weighted by Crippen LogP contribution is 2.40. The van der Waals surface area contributed by atoms with Crippen LogP contribution in [0, 0.1) is 40.5 Å². The van der Waals surface area contributed by atoms with Crippen molar-refractivity contribution in [3.05, 3.63) is 129 Å². The summed E-state index contributed by atoms with van der Waals surface area (Å²) in [5.74, 6) is 0.462. The van der Waals surface area contributed by atoms with Gasteiger partial charge in [-0.25, -0.2) is 9.03 Å². The molecule has 0 unspecified atom stereocenters. The van der Waals surface area contributed by atoms with Crippen LogP contribution in [-0.4, -0.2) is 75.6 Å². The first kappa shape index (κ1) is 41.2. The van der Waals surface area contributed by atoms with E-state index >= 15 is 0 Å². The number of nitrogen functional groups attached to an aromatic ring is 1. The van der Waals surface area contributed by atoms with Gasteiger partial charge in [0.25, 0.3) is 34.5 Å². The van der Waals surface area contributed by atoms with E-state index in [0.717, 1.165) is 29.8 Å². The van der Waals surface area contributed by atoms with Crippen LogP contribution in [0.25, 0.3) is 11.0 Å². The molecule has 0 atom stereocenters. The molecule has 22 nitrogen and oxygen atoms in total. The number of pyridine rings is 2. The minimum absolute atomic E-state index is 0.0400. The molecule has 0 bridgehead atoms. The minimum atomic E-state index is -0.814. The molecule has 2 aromatic carbocycles. The number of anilines is 3. The third-order valence-corrected chi connectivity index (χ3v) is 7.75. The molecule has 0 aliphatic heterocycles. The third kappa shape index (κ3) is 9.89. The second-order valence-corrected chi connectivity index (χ2v) is 11.6. The predicted octanol–water partition coefficient (Wildman–Crippen LogP) is 6.02. The van der Waals surface area contributed by atoms with Crippen molar-refractivity contribution < 1.29 is 39.4 Å². The molecule has 0 radical (unpaired) electrons. The van der Waals surface area contributed by atoms with Crippen molar-refractivity contribution in [3.63, 3.8) is 0 Å². The predicted molar refractivity (Wildman–Crippen MR) is 198 cm³/mol. The van der Waals surface area contributed by atoms with E-state index in [1.165, 1.54) is 4.52 Å². The Labute approximate surface area is 321 Å². The number of hydrogen-bond acceptors (Lipinski definition) is 16. The Kier molecular flexibility index (Phi) is 13.8. The summed E-state index contributed by atoms with van der Waals surface area (Å²) in [5.41, 5.74) is 5.66. The zero-order valence-electron chi connectivity index (χ0n) is 27.5. The number of benzene rings is 2. The van der Waals surface area contributed by atoms with Crippen LogP contribution >= 0.6 is 34.8 Å². The average Bonchev–Trinajstić information content (AvgIpc) is 3.65. The second-order valence-electron chi connectivity index (χ2n) is 10.3. The van der Waals surface area contributed by atoms with Gasteiger partial charge < -0.3 is 30.7 Å². The quantitative estimate of drug-likeness (QED) is 0.0810. The van der Waals surface area contributed by atoms with Crippen LogP contribution in [0.15, 0.2) is 73.1 Å². The lowest BCUT2D eigenvalue weighted by Crippen LogP contribution is -2.04. The van der Waals surface area contributed by atoms with Crippen LogP contribution in [0.5, 0.6) is 11.8 Å². The van der Waals surface area contributed by atoms with E-state index in [0.29, 0.717) is 17.1 Å². The topological polar surface area (TPSA) is 304 Å². The molecule has 0 saturated heterocycles. The van der Waals surface area contributed by atoms with Gasteiger partial charge in [0.15, 0.2) is 0 Å². The fraction of sp³-hybridized carbons (Fsp3) is 0.133. The summed E-state index contributed by atoms with van der Waals surface area (Å²) in [6.45, 7) is -0.139. The van der Waals surface area contributed by atoms with Gasteiger partial charge in [0.1, 0.15) is 45.3 Å². The number of nitrogens with zero attached hydrogens (tertiary/aromatic N) is 8. The molecular formula is C30H25Cl3N10O12. The summed E-state index contributed by atoms with van der Waals surface area (Å²) in [7, 11) is 0. The number of halogens is 3. The van der Waals surface area contributed by atoms with Crippen LogP contribution in [0.3, 0.4) is 0 Å². The van der Waals surface area contributed by atoms with Gasteiger partial charge in [-0.2, -0.15) is 0 Å². The van der Waals surface area contributed by atoms with Gasteiger partial charge in [0, 0.05) is 12.4 Å². The number of nitro benzene ring substituents is 4. The van der Waals surface area contributed by atoms with Gasteiger partial charge in [-0.15, -0.1) is 10.2 Å². The van der Waals surface area contributed by atoms with Crippen molar-refractivity contribution in [2.24, 2.45) is 0 Å². The number of ether oxygens (including phenoxy) is 2. The molecule has 55 heavy (non-hydrogen) atoms. The molecule has 4 heterocycles. The molecule has 0 amide bonds. The van der Waals surface area contributed by atoms with Crippen molar-refractivity contribution >= 4 is 85.6 Å². The van der Waals surface area contributed by atoms with Crippen LogP contribution in [0.4, 0.5) is 39.8 Å². The number of aliphatic hydroxyl groups excluding tert-OH is 2. The molecule has 0 aliphatic carbocycles. The summed E-state index contributed by atoms with van der Waals surface area (Å²) < 4.78 is 13.7. The number of rotatable bonds is 12. The Morgan fingerprint density at radius 2 is 1.09 bits per heavy atom. The number of nitrogens with two attached hydrogens (primary N) is 1. The first-order valence-corrected chi connectivity index (χ1v) is 16.2. The molecule has 6 rings (SSSR count). The van der Waals surface area contributed by atoms with E-state index in [9.17, 15) is 40.5 Å². The number of nitrogens with one attached hydrogen (secondary N) is 1. The monoisotopic (exact) mass is 822 g/mol. The first-order valence-electron chi connectivity index (χ1n) is 15.0. The zero-order valence-corrected chi connectivity index (χ0v) is 29.8. The van der Waals surface area contributed by atoms with Gasteiger partial charge in [-0.3, -0.25) is 40.5 Å². The number of aliphatic hydroxyl groups is 2. The second kappa shape index (κ2) is 18.4. The number of hydrogen-bond donors (Lipinski definition) is 4. The van der Waals surface area contributed by atoms with Gasteiger partial charge in [-0.1, -0.05) is 46.9 Å². The molecule has 4 aromatic heterocycles. The summed E-state index contributed by atoms with van der Waals surface area (Å²) in [6, 6.07) is 14.3. The molecule has 288 valence electrons. The van der Waals surface area contributed by atoms with Crippen molar-refractivity contribution in [2.45, 2.75) is 0 Å². The average molecular weight is 824 g/mol. The fourth-order valence-corrected chi connectivity index (χ4v) is 5.22.